The van der Waals surface area contributed by atoms with E-state index in [-0.39, 0.29) is 23.4 Å². The van der Waals surface area contributed by atoms with Gasteiger partial charge in [-0.15, -0.1) is 0 Å². The Balaban J connectivity index is 2.37. The topological polar surface area (TPSA) is 98.5 Å². The number of hydrogen-bond donors (Lipinski definition) is 1. The van der Waals surface area contributed by atoms with Gasteiger partial charge in [-0.3, -0.25) is 14.9 Å². The summed E-state index contributed by atoms with van der Waals surface area (Å²) in [6.45, 7) is 1.76. The predicted molar refractivity (Wildman–Crippen MR) is 96.2 cm³/mol. The first kappa shape index (κ1) is 17.9. The van der Waals surface area contributed by atoms with Gasteiger partial charge in [-0.25, -0.2) is 4.79 Å². The Labute approximate surface area is 151 Å². The summed E-state index contributed by atoms with van der Waals surface area (Å²) in [6, 6.07) is 10.6. The first-order valence-corrected chi connectivity index (χ1v) is 8.02. The van der Waals surface area contributed by atoms with Gasteiger partial charge in [0.1, 0.15) is 0 Å². The minimum atomic E-state index is -0.718. The van der Waals surface area contributed by atoms with Crippen LogP contribution in [0.1, 0.15) is 27.6 Å². The molecule has 0 saturated heterocycles. The molecule has 124 valence electrons. The van der Waals surface area contributed by atoms with Crippen LogP contribution in [0.15, 0.2) is 42.5 Å². The van der Waals surface area contributed by atoms with Gasteiger partial charge in [0.2, 0.25) is 0 Å². The number of hydrogen-bond acceptors (Lipinski definition) is 5. The molecule has 2 aromatic rings. The van der Waals surface area contributed by atoms with Crippen molar-refractivity contribution in [3.05, 3.63) is 67.3 Å². The van der Waals surface area contributed by atoms with E-state index in [9.17, 15) is 19.7 Å². The third-order valence-corrected chi connectivity index (χ3v) is 3.96. The van der Waals surface area contributed by atoms with E-state index in [4.69, 9.17) is 4.74 Å². The zero-order chi connectivity index (χ0) is 17.7. The molecular weight excluding hydrogens is 427 g/mol. The van der Waals surface area contributed by atoms with Crippen molar-refractivity contribution >= 4 is 45.8 Å². The summed E-state index contributed by atoms with van der Waals surface area (Å²) in [7, 11) is 0. The molecule has 0 aliphatic carbocycles. The number of ether oxygens (including phenoxy) is 1. The molecule has 0 aliphatic heterocycles. The van der Waals surface area contributed by atoms with Crippen molar-refractivity contribution < 1.29 is 19.2 Å². The Morgan fingerprint density at radius 1 is 1.21 bits per heavy atom. The van der Waals surface area contributed by atoms with E-state index in [1.165, 1.54) is 6.07 Å². The molecule has 0 saturated carbocycles. The van der Waals surface area contributed by atoms with Crippen LogP contribution in [0.5, 0.6) is 0 Å². The zero-order valence-electron chi connectivity index (χ0n) is 12.6. The Bertz CT molecular complexity index is 807. The Morgan fingerprint density at radius 3 is 2.50 bits per heavy atom. The minimum Gasteiger partial charge on any atom is -0.462 e. The van der Waals surface area contributed by atoms with Crippen molar-refractivity contribution in [2.75, 3.05) is 11.9 Å². The molecule has 7 nitrogen and oxygen atoms in total. The molecule has 24 heavy (non-hydrogen) atoms. The molecule has 0 unspecified atom stereocenters. The predicted octanol–water partition coefficient (Wildman–Crippen LogP) is 3.63. The van der Waals surface area contributed by atoms with Gasteiger partial charge in [0.25, 0.3) is 11.6 Å². The number of rotatable bonds is 5. The number of carbonyl (C=O) groups excluding carboxylic acids is 2. The monoisotopic (exact) mass is 440 g/mol. The van der Waals surface area contributed by atoms with E-state index >= 15 is 0 Å². The van der Waals surface area contributed by atoms with Gasteiger partial charge in [0, 0.05) is 21.3 Å². The maximum atomic E-state index is 12.4. The molecule has 0 radical (unpaired) electrons. The highest BCUT2D eigenvalue weighted by Crippen LogP contribution is 2.21. The summed E-state index contributed by atoms with van der Waals surface area (Å²) in [5.74, 6) is -1.27. The number of esters is 1. The average Bonchev–Trinajstić information content (AvgIpc) is 2.56. The number of halogens is 1. The summed E-state index contributed by atoms with van der Waals surface area (Å²) >= 11 is 2.06. The van der Waals surface area contributed by atoms with Gasteiger partial charge in [0.15, 0.2) is 0 Å². The van der Waals surface area contributed by atoms with Crippen molar-refractivity contribution in [2.45, 2.75) is 6.92 Å². The van der Waals surface area contributed by atoms with Crippen LogP contribution >= 0.6 is 22.6 Å². The normalized spacial score (nSPS) is 10.1. The summed E-state index contributed by atoms with van der Waals surface area (Å²) in [6.07, 6.45) is 0. The van der Waals surface area contributed by atoms with Gasteiger partial charge >= 0.3 is 5.97 Å². The third-order valence-electron chi connectivity index (χ3n) is 3.02. The van der Waals surface area contributed by atoms with E-state index in [1.54, 1.807) is 19.1 Å². The molecule has 0 heterocycles. The van der Waals surface area contributed by atoms with Crippen LogP contribution in [-0.2, 0) is 4.74 Å². The van der Waals surface area contributed by atoms with Crippen molar-refractivity contribution in [3.8, 4) is 0 Å². The number of nitrogens with one attached hydrogen (secondary N) is 1. The van der Waals surface area contributed by atoms with E-state index < -0.39 is 16.8 Å². The second-order valence-corrected chi connectivity index (χ2v) is 5.84. The van der Waals surface area contributed by atoms with Crippen LogP contribution in [-0.4, -0.2) is 23.4 Å². The molecule has 0 atom stereocenters. The summed E-state index contributed by atoms with van der Waals surface area (Å²) in [4.78, 5) is 34.6. The first-order valence-electron chi connectivity index (χ1n) is 6.95. The maximum Gasteiger partial charge on any atom is 0.338 e. The fraction of sp³-hybridized carbons (Fsp3) is 0.125. The molecule has 2 aromatic carbocycles. The van der Waals surface area contributed by atoms with Crippen LogP contribution in [0.25, 0.3) is 0 Å². The van der Waals surface area contributed by atoms with Gasteiger partial charge in [0.05, 0.1) is 22.8 Å². The molecule has 1 N–H and O–H groups in total. The second kappa shape index (κ2) is 7.86. The number of para-hydroxylation sites is 1. The van der Waals surface area contributed by atoms with Gasteiger partial charge < -0.3 is 10.1 Å². The number of nitrogens with zero attached hydrogens (tertiary/aromatic N) is 1. The molecule has 2 rings (SSSR count). The van der Waals surface area contributed by atoms with Crippen LogP contribution < -0.4 is 5.32 Å². The molecule has 0 spiro atoms. The highest BCUT2D eigenvalue weighted by molar-refractivity contribution is 14.1. The van der Waals surface area contributed by atoms with E-state index in [0.29, 0.717) is 5.69 Å². The fourth-order valence-corrected chi connectivity index (χ4v) is 2.46. The number of nitro groups is 1. The van der Waals surface area contributed by atoms with Gasteiger partial charge in [-0.05, 0) is 47.7 Å². The van der Waals surface area contributed by atoms with Crippen molar-refractivity contribution in [1.29, 1.82) is 0 Å². The average molecular weight is 440 g/mol. The number of nitro benzene ring substituents is 1. The Kier molecular flexibility index (Phi) is 5.85. The number of anilines is 1. The van der Waals surface area contributed by atoms with E-state index in [2.05, 4.69) is 27.9 Å². The van der Waals surface area contributed by atoms with Gasteiger partial charge in [-0.2, -0.15) is 0 Å². The van der Waals surface area contributed by atoms with E-state index in [1.807, 2.05) is 12.1 Å². The maximum absolute atomic E-state index is 12.4. The lowest BCUT2D eigenvalue weighted by molar-refractivity contribution is -0.384. The zero-order valence-corrected chi connectivity index (χ0v) is 14.8. The summed E-state index contributed by atoms with van der Waals surface area (Å²) < 4.78 is 5.66. The lowest BCUT2D eigenvalue weighted by atomic mass is 10.1. The largest absolute Gasteiger partial charge is 0.462 e. The number of benzene rings is 2. The van der Waals surface area contributed by atoms with Crippen LogP contribution in [0.3, 0.4) is 0 Å². The molecule has 1 amide bonds. The third kappa shape index (κ3) is 4.28. The van der Waals surface area contributed by atoms with E-state index in [0.717, 1.165) is 15.7 Å². The van der Waals surface area contributed by atoms with Crippen molar-refractivity contribution in [1.82, 2.24) is 0 Å². The quantitative estimate of drug-likeness (QED) is 0.332. The smallest absolute Gasteiger partial charge is 0.338 e. The summed E-state index contributed by atoms with van der Waals surface area (Å²) in [5.41, 5.74) is 0.187. The molecule has 0 aliphatic rings. The number of amides is 1. The van der Waals surface area contributed by atoms with Crippen LogP contribution in [0.4, 0.5) is 11.4 Å². The first-order chi connectivity index (χ1) is 11.4. The summed E-state index contributed by atoms with van der Waals surface area (Å²) in [5, 5.41) is 13.7. The molecule has 0 bridgehead atoms. The Morgan fingerprint density at radius 2 is 1.88 bits per heavy atom. The number of carbonyl (C=O) groups is 2. The van der Waals surface area contributed by atoms with Crippen molar-refractivity contribution in [3.63, 3.8) is 0 Å². The highest BCUT2D eigenvalue weighted by Gasteiger charge is 2.19. The molecule has 8 heteroatoms. The number of non-ortho nitro benzene ring substituents is 1. The Hall–Kier alpha value is -2.49. The highest BCUT2D eigenvalue weighted by atomic mass is 127. The SMILES string of the molecule is CCOC(=O)c1cc(C(=O)Nc2ccccc2I)cc([N+](=O)[O-])c1. The fourth-order valence-electron chi connectivity index (χ4n) is 1.94. The molecule has 0 aromatic heterocycles. The van der Waals surface area contributed by atoms with Crippen LogP contribution in [0, 0.1) is 13.7 Å². The van der Waals surface area contributed by atoms with Gasteiger partial charge in [-0.1, -0.05) is 12.1 Å². The lowest BCUT2D eigenvalue weighted by Crippen LogP contribution is -2.15. The lowest BCUT2D eigenvalue weighted by Gasteiger charge is -2.08. The molecular formula is C16H13IN2O5. The minimum absolute atomic E-state index is 0.00639. The standard InChI is InChI=1S/C16H13IN2O5/c1-2-24-16(21)11-7-10(8-12(9-11)19(22)23)15(20)18-14-6-4-3-5-13(14)17/h3-9H,2H2,1H3,(H,18,20). The van der Waals surface area contributed by atoms with Crippen LogP contribution in [0.2, 0.25) is 0 Å². The second-order valence-electron chi connectivity index (χ2n) is 4.68. The molecule has 0 fully saturated rings. The van der Waals surface area contributed by atoms with Crippen molar-refractivity contribution in [2.24, 2.45) is 0 Å².